The number of nitrogens with one attached hydrogen (secondary N) is 2. The van der Waals surface area contributed by atoms with E-state index in [1.165, 1.54) is 0 Å². The van der Waals surface area contributed by atoms with E-state index in [0.717, 1.165) is 19.3 Å². The van der Waals surface area contributed by atoms with Gasteiger partial charge < -0.3 is 10.1 Å². The van der Waals surface area contributed by atoms with E-state index in [2.05, 4.69) is 10.0 Å². The van der Waals surface area contributed by atoms with Gasteiger partial charge in [0.1, 0.15) is 11.1 Å². The summed E-state index contributed by atoms with van der Waals surface area (Å²) in [6, 6.07) is 0. The van der Waals surface area contributed by atoms with Crippen LogP contribution in [0.5, 0.6) is 0 Å². The fraction of sp³-hybridized carbons (Fsp3) is 0.750. The molecule has 2 amide bonds. The largest absolute Gasteiger partial charge is 0.444 e. The summed E-state index contributed by atoms with van der Waals surface area (Å²) in [6.07, 6.45) is 6.55. The maximum absolute atomic E-state index is 12.5. The van der Waals surface area contributed by atoms with Crippen molar-refractivity contribution in [2.75, 3.05) is 5.75 Å². The average Bonchev–Trinajstić information content (AvgIpc) is 3.07. The second kappa shape index (κ2) is 6.74. The molecule has 24 heavy (non-hydrogen) atoms. The van der Waals surface area contributed by atoms with Crippen molar-refractivity contribution in [3.05, 3.63) is 12.2 Å². The van der Waals surface area contributed by atoms with Crippen molar-refractivity contribution in [2.45, 2.75) is 64.0 Å². The molecule has 2 unspecified atom stereocenters. The summed E-state index contributed by atoms with van der Waals surface area (Å²) in [6.45, 7) is 5.17. The summed E-state index contributed by atoms with van der Waals surface area (Å²) < 4.78 is 31.4. The van der Waals surface area contributed by atoms with Crippen molar-refractivity contribution in [1.29, 1.82) is 0 Å². The van der Waals surface area contributed by atoms with E-state index < -0.39 is 33.2 Å². The number of hydrogen-bond donors (Lipinski definition) is 2. The zero-order valence-electron chi connectivity index (χ0n) is 14.4. The van der Waals surface area contributed by atoms with Crippen molar-refractivity contribution in [3.8, 4) is 0 Å². The second-order valence-corrected chi connectivity index (χ2v) is 9.28. The lowest BCUT2D eigenvalue weighted by Gasteiger charge is -2.23. The monoisotopic (exact) mass is 358 g/mol. The van der Waals surface area contributed by atoms with Crippen LogP contribution >= 0.6 is 0 Å². The molecule has 1 aliphatic heterocycles. The van der Waals surface area contributed by atoms with Crippen LogP contribution in [0.3, 0.4) is 0 Å². The third-order valence-corrected chi connectivity index (χ3v) is 5.37. The molecule has 2 N–H and O–H groups in total. The molecule has 0 spiro atoms. The fourth-order valence-electron chi connectivity index (χ4n) is 2.74. The normalized spacial score (nSPS) is 31.5. The van der Waals surface area contributed by atoms with Gasteiger partial charge in [-0.2, -0.15) is 0 Å². The van der Waals surface area contributed by atoms with Crippen LogP contribution in [0.4, 0.5) is 4.79 Å². The van der Waals surface area contributed by atoms with Crippen LogP contribution in [0.1, 0.15) is 52.9 Å². The number of sulfonamides is 1. The Balaban J connectivity index is 2.18. The van der Waals surface area contributed by atoms with Crippen molar-refractivity contribution in [2.24, 2.45) is 5.92 Å². The molecular formula is C16H26N2O5S. The summed E-state index contributed by atoms with van der Waals surface area (Å²) in [5.74, 6) is -1.00. The highest BCUT2D eigenvalue weighted by atomic mass is 32.2. The molecule has 0 saturated heterocycles. The lowest BCUT2D eigenvalue weighted by molar-refractivity contribution is -0.122. The molecule has 1 aliphatic carbocycles. The van der Waals surface area contributed by atoms with Crippen LogP contribution in [0.15, 0.2) is 12.2 Å². The highest BCUT2D eigenvalue weighted by Crippen LogP contribution is 2.45. The third kappa shape index (κ3) is 4.96. The summed E-state index contributed by atoms with van der Waals surface area (Å²) in [7, 11) is -3.69. The second-order valence-electron chi connectivity index (χ2n) is 7.44. The van der Waals surface area contributed by atoms with Gasteiger partial charge in [-0.1, -0.05) is 18.6 Å². The predicted molar refractivity (Wildman–Crippen MR) is 89.7 cm³/mol. The van der Waals surface area contributed by atoms with E-state index in [9.17, 15) is 18.0 Å². The van der Waals surface area contributed by atoms with Gasteiger partial charge >= 0.3 is 6.09 Å². The standard InChI is InChI=1S/C16H26N2O5S/c1-15(2,3)23-14(20)17-16-11-12(16)9-7-5-4-6-8-10-24(21,22)18-13(16)19/h7,9,12H,4-6,8,10-11H2,1-3H3,(H,17,20)(H,18,19)/b9-7-. The van der Waals surface area contributed by atoms with Crippen LogP contribution in [0, 0.1) is 5.92 Å². The van der Waals surface area contributed by atoms with E-state index in [-0.39, 0.29) is 11.7 Å². The van der Waals surface area contributed by atoms with Crippen molar-refractivity contribution >= 4 is 22.0 Å². The van der Waals surface area contributed by atoms with Gasteiger partial charge in [0, 0.05) is 5.92 Å². The predicted octanol–water partition coefficient (Wildman–Crippen LogP) is 1.85. The number of amides is 2. The topological polar surface area (TPSA) is 102 Å². The summed E-state index contributed by atoms with van der Waals surface area (Å²) in [5.41, 5.74) is -1.94. The molecule has 1 fully saturated rings. The molecule has 1 saturated carbocycles. The Morgan fingerprint density at radius 1 is 1.33 bits per heavy atom. The minimum atomic E-state index is -3.69. The minimum Gasteiger partial charge on any atom is -0.444 e. The highest BCUT2D eigenvalue weighted by molar-refractivity contribution is 7.90. The molecule has 8 heteroatoms. The number of hydrogen-bond acceptors (Lipinski definition) is 5. The van der Waals surface area contributed by atoms with Crippen LogP contribution < -0.4 is 10.0 Å². The van der Waals surface area contributed by atoms with E-state index in [1.807, 2.05) is 12.2 Å². The van der Waals surface area contributed by atoms with Gasteiger partial charge in [-0.05, 0) is 46.5 Å². The third-order valence-electron chi connectivity index (χ3n) is 4.04. The number of ether oxygens (including phenoxy) is 1. The fourth-order valence-corrected chi connectivity index (χ4v) is 3.89. The van der Waals surface area contributed by atoms with Gasteiger partial charge in [-0.3, -0.25) is 9.52 Å². The van der Waals surface area contributed by atoms with Gasteiger partial charge in [0.2, 0.25) is 10.0 Å². The highest BCUT2D eigenvalue weighted by Gasteiger charge is 2.61. The maximum atomic E-state index is 12.5. The summed E-state index contributed by atoms with van der Waals surface area (Å²) in [5, 5.41) is 2.58. The summed E-state index contributed by atoms with van der Waals surface area (Å²) >= 11 is 0. The van der Waals surface area contributed by atoms with Gasteiger partial charge in [-0.25, -0.2) is 13.2 Å². The number of allylic oxidation sites excluding steroid dienone is 1. The van der Waals surface area contributed by atoms with Gasteiger partial charge in [-0.15, -0.1) is 0 Å². The Labute approximate surface area is 143 Å². The van der Waals surface area contributed by atoms with E-state index in [0.29, 0.717) is 12.8 Å². The Morgan fingerprint density at radius 2 is 2.04 bits per heavy atom. The molecule has 2 aliphatic rings. The quantitative estimate of drug-likeness (QED) is 0.697. The SMILES string of the molecule is CC(C)(C)OC(=O)NC12CC1/C=C\CCCCCS(=O)(=O)NC2=O. The molecule has 2 rings (SSSR count). The smallest absolute Gasteiger partial charge is 0.408 e. The molecule has 7 nitrogen and oxygen atoms in total. The molecular weight excluding hydrogens is 332 g/mol. The minimum absolute atomic E-state index is 0.0877. The molecule has 0 aromatic rings. The van der Waals surface area contributed by atoms with Crippen LogP contribution in [0.25, 0.3) is 0 Å². The van der Waals surface area contributed by atoms with Crippen LogP contribution in [-0.2, 0) is 19.6 Å². The molecule has 0 aromatic heterocycles. The van der Waals surface area contributed by atoms with Crippen molar-refractivity contribution < 1.29 is 22.7 Å². The Morgan fingerprint density at radius 3 is 2.71 bits per heavy atom. The number of carbonyl (C=O) groups excluding carboxylic acids is 2. The first-order chi connectivity index (χ1) is 11.0. The van der Waals surface area contributed by atoms with Gasteiger partial charge in [0.15, 0.2) is 0 Å². The Bertz CT molecular complexity index is 635. The van der Waals surface area contributed by atoms with Crippen molar-refractivity contribution in [3.63, 3.8) is 0 Å². The van der Waals surface area contributed by atoms with Gasteiger partial charge in [0.05, 0.1) is 5.75 Å². The summed E-state index contributed by atoms with van der Waals surface area (Å²) in [4.78, 5) is 24.6. The molecule has 2 atom stereocenters. The first-order valence-electron chi connectivity index (χ1n) is 8.27. The maximum Gasteiger partial charge on any atom is 0.408 e. The van der Waals surface area contributed by atoms with Gasteiger partial charge in [0.25, 0.3) is 5.91 Å². The van der Waals surface area contributed by atoms with Crippen LogP contribution in [0.2, 0.25) is 0 Å². The van der Waals surface area contributed by atoms with E-state index in [1.54, 1.807) is 20.8 Å². The lowest BCUT2D eigenvalue weighted by atomic mass is 10.1. The molecule has 1 heterocycles. The number of alkyl carbamates (subject to hydrolysis) is 1. The Kier molecular flexibility index (Phi) is 5.27. The van der Waals surface area contributed by atoms with Crippen LogP contribution in [-0.4, -0.2) is 37.3 Å². The molecule has 0 radical (unpaired) electrons. The first-order valence-corrected chi connectivity index (χ1v) is 9.92. The number of rotatable bonds is 1. The van der Waals surface area contributed by atoms with E-state index in [4.69, 9.17) is 4.74 Å². The average molecular weight is 358 g/mol. The Hall–Kier alpha value is -1.57. The molecule has 0 aromatic carbocycles. The zero-order chi connectivity index (χ0) is 18.0. The zero-order valence-corrected chi connectivity index (χ0v) is 15.2. The number of fused-ring (bicyclic) bond motifs is 1. The number of carbonyl (C=O) groups is 2. The van der Waals surface area contributed by atoms with E-state index >= 15 is 0 Å². The molecule has 136 valence electrons. The van der Waals surface area contributed by atoms with Crippen molar-refractivity contribution in [1.82, 2.24) is 10.0 Å². The molecule has 0 bridgehead atoms. The first kappa shape index (κ1) is 18.8. The lowest BCUT2D eigenvalue weighted by Crippen LogP contribution is -2.53.